The van der Waals surface area contributed by atoms with Crippen LogP contribution in [0.1, 0.15) is 41.7 Å². The number of thiazole rings is 1. The Morgan fingerprint density at radius 1 is 1.67 bits per heavy atom. The third-order valence-electron chi connectivity index (χ3n) is 3.77. The number of hydrogen-bond acceptors (Lipinski definition) is 4. The van der Waals surface area contributed by atoms with E-state index in [9.17, 15) is 4.79 Å². The normalized spacial score (nSPS) is 24.3. The van der Waals surface area contributed by atoms with Crippen LogP contribution >= 0.6 is 11.3 Å². The molecule has 0 aromatic carbocycles. The van der Waals surface area contributed by atoms with Crippen molar-refractivity contribution in [1.29, 1.82) is 0 Å². The zero-order valence-corrected chi connectivity index (χ0v) is 11.9. The van der Waals surface area contributed by atoms with Crippen molar-refractivity contribution in [3.63, 3.8) is 0 Å². The molecule has 2 N–H and O–H groups in total. The third kappa shape index (κ3) is 2.72. The van der Waals surface area contributed by atoms with Crippen molar-refractivity contribution in [3.8, 4) is 0 Å². The van der Waals surface area contributed by atoms with E-state index < -0.39 is 0 Å². The number of rotatable bonds is 3. The van der Waals surface area contributed by atoms with Crippen molar-refractivity contribution in [2.24, 2.45) is 11.7 Å². The SMILES string of the molecule is CCC1CCN(C(=O)c2csc(C)n2)C(CN)C1. The van der Waals surface area contributed by atoms with E-state index >= 15 is 0 Å². The van der Waals surface area contributed by atoms with Crippen molar-refractivity contribution in [1.82, 2.24) is 9.88 Å². The first-order valence-electron chi connectivity index (χ1n) is 6.58. The van der Waals surface area contributed by atoms with Gasteiger partial charge in [-0.25, -0.2) is 4.98 Å². The molecule has 1 saturated heterocycles. The summed E-state index contributed by atoms with van der Waals surface area (Å²) in [6, 6.07) is 0.179. The maximum atomic E-state index is 12.4. The van der Waals surface area contributed by atoms with E-state index in [0.29, 0.717) is 18.2 Å². The fraction of sp³-hybridized carbons (Fsp3) is 0.692. The molecule has 2 heterocycles. The number of aromatic nitrogens is 1. The van der Waals surface area contributed by atoms with Crippen LogP contribution in [0.4, 0.5) is 0 Å². The summed E-state index contributed by atoms with van der Waals surface area (Å²) in [5, 5.41) is 2.78. The van der Waals surface area contributed by atoms with Gasteiger partial charge in [-0.3, -0.25) is 4.79 Å². The lowest BCUT2D eigenvalue weighted by atomic mass is 9.88. The van der Waals surface area contributed by atoms with Gasteiger partial charge in [0, 0.05) is 24.5 Å². The lowest BCUT2D eigenvalue weighted by molar-refractivity contribution is 0.0553. The molecular formula is C13H21N3OS. The number of amides is 1. The molecule has 1 aliphatic rings. The molecule has 4 nitrogen and oxygen atoms in total. The predicted octanol–water partition coefficient (Wildman–Crippen LogP) is 2.04. The molecule has 2 unspecified atom stereocenters. The molecule has 0 spiro atoms. The van der Waals surface area contributed by atoms with Gasteiger partial charge in [0.1, 0.15) is 5.69 Å². The number of piperidine rings is 1. The van der Waals surface area contributed by atoms with Gasteiger partial charge in [0.05, 0.1) is 5.01 Å². The van der Waals surface area contributed by atoms with E-state index in [1.807, 2.05) is 17.2 Å². The molecule has 0 aliphatic carbocycles. The number of carbonyl (C=O) groups is 1. The average Bonchev–Trinajstić information content (AvgIpc) is 2.83. The molecule has 18 heavy (non-hydrogen) atoms. The van der Waals surface area contributed by atoms with E-state index in [-0.39, 0.29) is 11.9 Å². The van der Waals surface area contributed by atoms with Crippen molar-refractivity contribution in [2.45, 2.75) is 39.2 Å². The van der Waals surface area contributed by atoms with E-state index in [1.54, 1.807) is 0 Å². The van der Waals surface area contributed by atoms with Crippen molar-refractivity contribution in [2.75, 3.05) is 13.1 Å². The number of carbonyl (C=O) groups excluding carboxylic acids is 1. The lowest BCUT2D eigenvalue weighted by Crippen LogP contribution is -2.49. The van der Waals surface area contributed by atoms with Gasteiger partial charge in [-0.15, -0.1) is 11.3 Å². The standard InChI is InChI=1S/C13H21N3OS/c1-3-10-4-5-16(11(6-10)7-14)13(17)12-8-18-9(2)15-12/h8,10-11H,3-7,14H2,1-2H3. The predicted molar refractivity (Wildman–Crippen MR) is 73.7 cm³/mol. The molecule has 0 radical (unpaired) electrons. The highest BCUT2D eigenvalue weighted by atomic mass is 32.1. The first-order valence-corrected chi connectivity index (χ1v) is 7.46. The van der Waals surface area contributed by atoms with Gasteiger partial charge in [-0.2, -0.15) is 0 Å². The highest BCUT2D eigenvalue weighted by molar-refractivity contribution is 7.09. The second-order valence-electron chi connectivity index (χ2n) is 4.94. The third-order valence-corrected chi connectivity index (χ3v) is 4.55. The molecular weight excluding hydrogens is 246 g/mol. The molecule has 100 valence electrons. The van der Waals surface area contributed by atoms with Crippen molar-refractivity contribution >= 4 is 17.2 Å². The summed E-state index contributed by atoms with van der Waals surface area (Å²) in [5.41, 5.74) is 6.39. The van der Waals surface area contributed by atoms with Crippen LogP contribution in [0, 0.1) is 12.8 Å². The Hall–Kier alpha value is -0.940. The monoisotopic (exact) mass is 267 g/mol. The Bertz CT molecular complexity index is 418. The van der Waals surface area contributed by atoms with Crippen LogP contribution in [-0.4, -0.2) is 34.9 Å². The number of aryl methyl sites for hydroxylation is 1. The van der Waals surface area contributed by atoms with Crippen LogP contribution in [0.5, 0.6) is 0 Å². The summed E-state index contributed by atoms with van der Waals surface area (Å²) in [6.45, 7) is 5.49. The number of likely N-dealkylation sites (tertiary alicyclic amines) is 1. The Labute approximate surface area is 112 Å². The van der Waals surface area contributed by atoms with Crippen LogP contribution in [0.2, 0.25) is 0 Å². The van der Waals surface area contributed by atoms with Crippen LogP contribution in [0.3, 0.4) is 0 Å². The summed E-state index contributed by atoms with van der Waals surface area (Å²) in [6.07, 6.45) is 3.29. The van der Waals surface area contributed by atoms with E-state index in [1.165, 1.54) is 17.8 Å². The molecule has 1 fully saturated rings. The Balaban J connectivity index is 2.10. The maximum absolute atomic E-state index is 12.4. The van der Waals surface area contributed by atoms with Gasteiger partial charge in [-0.05, 0) is 25.7 Å². The molecule has 0 saturated carbocycles. The van der Waals surface area contributed by atoms with Crippen molar-refractivity contribution < 1.29 is 4.79 Å². The van der Waals surface area contributed by atoms with Crippen LogP contribution in [0.15, 0.2) is 5.38 Å². The number of nitrogens with zero attached hydrogens (tertiary/aromatic N) is 2. The average molecular weight is 267 g/mol. The summed E-state index contributed by atoms with van der Waals surface area (Å²) >= 11 is 1.52. The second kappa shape index (κ2) is 5.80. The zero-order valence-electron chi connectivity index (χ0n) is 11.1. The maximum Gasteiger partial charge on any atom is 0.273 e. The smallest absolute Gasteiger partial charge is 0.273 e. The van der Waals surface area contributed by atoms with Crippen LogP contribution in [0.25, 0.3) is 0 Å². The number of hydrogen-bond donors (Lipinski definition) is 1. The summed E-state index contributed by atoms with van der Waals surface area (Å²) in [7, 11) is 0. The first-order chi connectivity index (χ1) is 8.65. The Morgan fingerprint density at radius 2 is 2.44 bits per heavy atom. The summed E-state index contributed by atoms with van der Waals surface area (Å²) in [5.74, 6) is 0.754. The highest BCUT2D eigenvalue weighted by Gasteiger charge is 2.31. The van der Waals surface area contributed by atoms with Crippen LogP contribution < -0.4 is 5.73 Å². The molecule has 2 atom stereocenters. The van der Waals surface area contributed by atoms with E-state index in [0.717, 1.165) is 24.4 Å². The zero-order chi connectivity index (χ0) is 13.1. The summed E-state index contributed by atoms with van der Waals surface area (Å²) < 4.78 is 0. The largest absolute Gasteiger partial charge is 0.333 e. The van der Waals surface area contributed by atoms with Crippen LogP contribution in [-0.2, 0) is 0 Å². The fourth-order valence-corrected chi connectivity index (χ4v) is 3.19. The first kappa shape index (κ1) is 13.5. The van der Waals surface area contributed by atoms with Gasteiger partial charge in [0.25, 0.3) is 5.91 Å². The minimum absolute atomic E-state index is 0.0457. The van der Waals surface area contributed by atoms with E-state index in [4.69, 9.17) is 5.73 Å². The molecule has 1 aliphatic heterocycles. The van der Waals surface area contributed by atoms with Gasteiger partial charge >= 0.3 is 0 Å². The minimum atomic E-state index is 0.0457. The van der Waals surface area contributed by atoms with Gasteiger partial charge in [0.15, 0.2) is 0 Å². The Morgan fingerprint density at radius 3 is 3.00 bits per heavy atom. The molecule has 5 heteroatoms. The van der Waals surface area contributed by atoms with Gasteiger partial charge < -0.3 is 10.6 Å². The van der Waals surface area contributed by atoms with Gasteiger partial charge in [0.2, 0.25) is 0 Å². The summed E-state index contributed by atoms with van der Waals surface area (Å²) in [4.78, 5) is 18.6. The van der Waals surface area contributed by atoms with Gasteiger partial charge in [-0.1, -0.05) is 13.3 Å². The van der Waals surface area contributed by atoms with E-state index in [2.05, 4.69) is 11.9 Å². The minimum Gasteiger partial charge on any atom is -0.333 e. The van der Waals surface area contributed by atoms with Crippen molar-refractivity contribution in [3.05, 3.63) is 16.1 Å². The molecule has 1 aromatic rings. The highest BCUT2D eigenvalue weighted by Crippen LogP contribution is 2.26. The lowest BCUT2D eigenvalue weighted by Gasteiger charge is -2.38. The second-order valence-corrected chi connectivity index (χ2v) is 6.00. The topological polar surface area (TPSA) is 59.2 Å². The Kier molecular flexibility index (Phi) is 4.35. The fourth-order valence-electron chi connectivity index (χ4n) is 2.60. The number of nitrogens with two attached hydrogens (primary N) is 1. The quantitative estimate of drug-likeness (QED) is 0.911. The molecule has 1 amide bonds. The molecule has 2 rings (SSSR count). The molecule has 1 aromatic heterocycles. The molecule has 0 bridgehead atoms.